The predicted octanol–water partition coefficient (Wildman–Crippen LogP) is 3.29. The van der Waals surface area contributed by atoms with Gasteiger partial charge in [0.1, 0.15) is 10.8 Å². The van der Waals surface area contributed by atoms with E-state index in [2.05, 4.69) is 5.32 Å². The molecule has 2 rings (SSSR count). The summed E-state index contributed by atoms with van der Waals surface area (Å²) in [6, 6.07) is 2.68. The quantitative estimate of drug-likeness (QED) is 0.362. The molecular weight excluding hydrogens is 309 g/mol. The molecule has 0 aliphatic heterocycles. The molecule has 0 heterocycles. The van der Waals surface area contributed by atoms with E-state index in [0.717, 1.165) is 18.9 Å². The fourth-order valence-electron chi connectivity index (χ4n) is 1.92. The van der Waals surface area contributed by atoms with Gasteiger partial charge in [0.15, 0.2) is 11.5 Å². The zero-order valence-corrected chi connectivity index (χ0v) is 13.2. The molecule has 1 N–H and O–H groups in total. The molecule has 1 aliphatic carbocycles. The van der Waals surface area contributed by atoms with Crippen LogP contribution in [0.2, 0.25) is 5.02 Å². The first-order valence-corrected chi connectivity index (χ1v) is 7.46. The molecule has 1 fully saturated rings. The summed E-state index contributed by atoms with van der Waals surface area (Å²) in [5.74, 6) is -1.62. The van der Waals surface area contributed by atoms with Crippen molar-refractivity contribution in [2.24, 2.45) is 0 Å². The lowest BCUT2D eigenvalue weighted by atomic mass is 10.0. The first-order valence-electron chi connectivity index (χ1n) is 7.08. The number of hydrogen-bond donors (Lipinski definition) is 1. The van der Waals surface area contributed by atoms with Gasteiger partial charge in [-0.15, -0.1) is 0 Å². The Labute approximate surface area is 133 Å². The van der Waals surface area contributed by atoms with Gasteiger partial charge in [-0.3, -0.25) is 9.59 Å². The van der Waals surface area contributed by atoms with E-state index < -0.39 is 11.6 Å². The number of carbonyl (C=O) groups excluding carboxylic acids is 2. The SMILES string of the molecule is CCOc1c(C(=O)/C(=C/NC2CC2)C(C)=O)ccc(F)c1Cl. The standard InChI is InChI=1S/C16H17ClFNO3/c1-3-22-16-11(6-7-13(18)14(16)17)15(21)12(9(2)20)8-19-10-4-5-10/h6-8,10,19H,3-5H2,1-2H3/b12-8+. The van der Waals surface area contributed by atoms with Crippen molar-refractivity contribution in [1.82, 2.24) is 5.32 Å². The van der Waals surface area contributed by atoms with Crippen molar-refractivity contribution in [2.45, 2.75) is 32.7 Å². The molecule has 4 nitrogen and oxygen atoms in total. The van der Waals surface area contributed by atoms with Crippen molar-refractivity contribution in [3.8, 4) is 5.75 Å². The van der Waals surface area contributed by atoms with E-state index in [-0.39, 0.29) is 34.3 Å². The van der Waals surface area contributed by atoms with E-state index in [4.69, 9.17) is 16.3 Å². The average Bonchev–Trinajstić information content (AvgIpc) is 3.28. The van der Waals surface area contributed by atoms with E-state index >= 15 is 0 Å². The summed E-state index contributed by atoms with van der Waals surface area (Å²) in [7, 11) is 0. The van der Waals surface area contributed by atoms with Gasteiger partial charge in [0.2, 0.25) is 5.78 Å². The fourth-order valence-corrected chi connectivity index (χ4v) is 2.14. The molecule has 1 aromatic rings. The van der Waals surface area contributed by atoms with Gasteiger partial charge in [0, 0.05) is 12.2 Å². The highest BCUT2D eigenvalue weighted by Crippen LogP contribution is 2.33. The summed E-state index contributed by atoms with van der Waals surface area (Å²) in [6.07, 6.45) is 3.46. The Morgan fingerprint density at radius 3 is 2.68 bits per heavy atom. The molecule has 22 heavy (non-hydrogen) atoms. The molecule has 0 atom stereocenters. The zero-order valence-electron chi connectivity index (χ0n) is 12.4. The summed E-state index contributed by atoms with van der Waals surface area (Å²) in [4.78, 5) is 24.3. The van der Waals surface area contributed by atoms with Crippen LogP contribution in [0.1, 0.15) is 37.0 Å². The van der Waals surface area contributed by atoms with Crippen LogP contribution in [-0.4, -0.2) is 24.2 Å². The maximum absolute atomic E-state index is 13.6. The highest BCUT2D eigenvalue weighted by atomic mass is 35.5. The van der Waals surface area contributed by atoms with E-state index in [1.54, 1.807) is 6.92 Å². The smallest absolute Gasteiger partial charge is 0.201 e. The molecular formula is C16H17ClFNO3. The second kappa shape index (κ2) is 6.92. The van der Waals surface area contributed by atoms with Crippen molar-refractivity contribution >= 4 is 23.2 Å². The minimum absolute atomic E-state index is 0.00414. The molecule has 0 radical (unpaired) electrons. The second-order valence-electron chi connectivity index (χ2n) is 5.06. The van der Waals surface area contributed by atoms with E-state index in [0.29, 0.717) is 6.04 Å². The third-order valence-electron chi connectivity index (χ3n) is 3.25. The third-order valence-corrected chi connectivity index (χ3v) is 3.60. The minimum Gasteiger partial charge on any atom is -0.491 e. The third kappa shape index (κ3) is 3.65. The molecule has 1 aromatic carbocycles. The number of halogens is 2. The summed E-state index contributed by atoms with van der Waals surface area (Å²) in [5, 5.41) is 2.76. The van der Waals surface area contributed by atoms with Gasteiger partial charge in [0.25, 0.3) is 0 Å². The Balaban J connectivity index is 2.39. The number of nitrogens with one attached hydrogen (secondary N) is 1. The van der Waals surface area contributed by atoms with Gasteiger partial charge in [-0.05, 0) is 38.8 Å². The van der Waals surface area contributed by atoms with E-state index in [1.807, 2.05) is 0 Å². The molecule has 0 amide bonds. The molecule has 6 heteroatoms. The highest BCUT2D eigenvalue weighted by molar-refractivity contribution is 6.34. The number of allylic oxidation sites excluding steroid dienone is 1. The maximum Gasteiger partial charge on any atom is 0.201 e. The molecule has 0 saturated heterocycles. The molecule has 0 unspecified atom stereocenters. The maximum atomic E-state index is 13.6. The highest BCUT2D eigenvalue weighted by Gasteiger charge is 2.25. The Kier molecular flexibility index (Phi) is 5.19. The molecule has 1 aliphatic rings. The van der Waals surface area contributed by atoms with Crippen LogP contribution in [0, 0.1) is 5.82 Å². The Hall–Kier alpha value is -1.88. The second-order valence-corrected chi connectivity index (χ2v) is 5.43. The minimum atomic E-state index is -0.675. The van der Waals surface area contributed by atoms with Crippen molar-refractivity contribution in [3.05, 3.63) is 40.3 Å². The van der Waals surface area contributed by atoms with Crippen LogP contribution in [0.5, 0.6) is 5.75 Å². The predicted molar refractivity (Wildman–Crippen MR) is 81.8 cm³/mol. The van der Waals surface area contributed by atoms with Crippen LogP contribution in [0.4, 0.5) is 4.39 Å². The van der Waals surface area contributed by atoms with Gasteiger partial charge >= 0.3 is 0 Å². The summed E-state index contributed by atoms with van der Waals surface area (Å²) in [6.45, 7) is 3.23. The van der Waals surface area contributed by atoms with Crippen LogP contribution in [0.15, 0.2) is 23.9 Å². The molecule has 0 aromatic heterocycles. The van der Waals surface area contributed by atoms with Crippen molar-refractivity contribution in [1.29, 1.82) is 0 Å². The largest absolute Gasteiger partial charge is 0.491 e. The average molecular weight is 326 g/mol. The number of rotatable bonds is 7. The van der Waals surface area contributed by atoms with E-state index in [9.17, 15) is 14.0 Å². The fraction of sp³-hybridized carbons (Fsp3) is 0.375. The van der Waals surface area contributed by atoms with Gasteiger partial charge in [-0.1, -0.05) is 11.6 Å². The zero-order chi connectivity index (χ0) is 16.3. The summed E-state index contributed by atoms with van der Waals surface area (Å²) < 4.78 is 18.8. The van der Waals surface area contributed by atoms with Crippen molar-refractivity contribution in [3.63, 3.8) is 0 Å². The molecule has 0 bridgehead atoms. The summed E-state index contributed by atoms with van der Waals surface area (Å²) >= 11 is 5.87. The van der Waals surface area contributed by atoms with Gasteiger partial charge in [-0.25, -0.2) is 4.39 Å². The Bertz CT molecular complexity index is 639. The van der Waals surface area contributed by atoms with E-state index in [1.165, 1.54) is 19.2 Å². The van der Waals surface area contributed by atoms with Crippen LogP contribution < -0.4 is 10.1 Å². The van der Waals surface area contributed by atoms with Gasteiger partial charge in [0.05, 0.1) is 17.7 Å². The van der Waals surface area contributed by atoms with Gasteiger partial charge < -0.3 is 10.1 Å². The lowest BCUT2D eigenvalue weighted by molar-refractivity contribution is -0.113. The number of benzene rings is 1. The van der Waals surface area contributed by atoms with Crippen molar-refractivity contribution < 1.29 is 18.7 Å². The number of carbonyl (C=O) groups is 2. The van der Waals surface area contributed by atoms with Crippen LogP contribution in [0.25, 0.3) is 0 Å². The normalized spacial score (nSPS) is 14.6. The lowest BCUT2D eigenvalue weighted by Crippen LogP contribution is -2.18. The number of Topliss-reactive ketones (excluding diaryl/α,β-unsaturated/α-hetero) is 2. The van der Waals surface area contributed by atoms with Crippen LogP contribution >= 0.6 is 11.6 Å². The van der Waals surface area contributed by atoms with Crippen LogP contribution in [0.3, 0.4) is 0 Å². The lowest BCUT2D eigenvalue weighted by Gasteiger charge is -2.12. The molecule has 1 saturated carbocycles. The number of hydrogen-bond acceptors (Lipinski definition) is 4. The number of ether oxygens (including phenoxy) is 1. The first kappa shape index (κ1) is 16.5. The topological polar surface area (TPSA) is 55.4 Å². The van der Waals surface area contributed by atoms with Crippen molar-refractivity contribution in [2.75, 3.05) is 6.61 Å². The monoisotopic (exact) mass is 325 g/mol. The summed E-state index contributed by atoms with van der Waals surface area (Å²) in [5.41, 5.74) is 0.0721. The molecule has 0 spiro atoms. The molecule has 118 valence electrons. The first-order chi connectivity index (χ1) is 10.5. The van der Waals surface area contributed by atoms with Crippen LogP contribution in [-0.2, 0) is 4.79 Å². The number of ketones is 2. The van der Waals surface area contributed by atoms with Gasteiger partial charge in [-0.2, -0.15) is 0 Å². The Morgan fingerprint density at radius 1 is 1.45 bits per heavy atom. The Morgan fingerprint density at radius 2 is 2.14 bits per heavy atom.